The lowest BCUT2D eigenvalue weighted by molar-refractivity contribution is -0.157. The lowest BCUT2D eigenvalue weighted by Crippen LogP contribution is -2.38. The first-order valence-electron chi connectivity index (χ1n) is 3.78. The molecule has 0 amide bonds. The molecule has 0 aliphatic rings. The van der Waals surface area contributed by atoms with Gasteiger partial charge in [-0.05, 0) is 12.1 Å². The minimum absolute atomic E-state index is 0.797. The molecule has 0 aromatic heterocycles. The van der Waals surface area contributed by atoms with Gasteiger partial charge in [-0.1, -0.05) is 12.1 Å². The lowest BCUT2D eigenvalue weighted by Gasteiger charge is -2.09. The average molecular weight is 218 g/mol. The number of carbonyl (C=O) groups excluding carboxylic acids is 1. The van der Waals surface area contributed by atoms with Crippen molar-refractivity contribution in [2.24, 2.45) is 0 Å². The number of benzene rings is 1. The van der Waals surface area contributed by atoms with E-state index < -0.39 is 29.1 Å². The number of hydrogen-bond donors (Lipinski definition) is 1. The summed E-state index contributed by atoms with van der Waals surface area (Å²) in [5.41, 5.74) is -0.940. The van der Waals surface area contributed by atoms with Gasteiger partial charge in [0.2, 0.25) is 5.78 Å². The number of carboxylic acids is 1. The van der Waals surface area contributed by atoms with E-state index in [-0.39, 0.29) is 0 Å². The van der Waals surface area contributed by atoms with Gasteiger partial charge in [-0.2, -0.15) is 8.78 Å². The normalized spacial score (nSPS) is 11.1. The molecule has 1 aromatic carbocycles. The Morgan fingerprint density at radius 2 is 1.73 bits per heavy atom. The molecule has 0 unspecified atom stereocenters. The van der Waals surface area contributed by atoms with Crippen LogP contribution in [0.1, 0.15) is 10.4 Å². The van der Waals surface area contributed by atoms with Crippen LogP contribution >= 0.6 is 0 Å². The van der Waals surface area contributed by atoms with Crippen LogP contribution in [0.25, 0.3) is 0 Å². The lowest BCUT2D eigenvalue weighted by atomic mass is 10.1. The quantitative estimate of drug-likeness (QED) is 0.620. The molecule has 0 bridgehead atoms. The number of hydrogen-bond acceptors (Lipinski definition) is 2. The molecule has 0 saturated heterocycles. The predicted octanol–water partition coefficient (Wildman–Crippen LogP) is 1.73. The Kier molecular flexibility index (Phi) is 2.78. The van der Waals surface area contributed by atoms with E-state index in [0.717, 1.165) is 18.2 Å². The Morgan fingerprint density at radius 3 is 2.20 bits per heavy atom. The van der Waals surface area contributed by atoms with E-state index in [1.807, 2.05) is 0 Å². The highest BCUT2D eigenvalue weighted by Gasteiger charge is 2.48. The maximum Gasteiger partial charge on any atom is 0.404 e. The van der Waals surface area contributed by atoms with Crippen molar-refractivity contribution in [2.45, 2.75) is 5.92 Å². The van der Waals surface area contributed by atoms with E-state index in [9.17, 15) is 22.8 Å². The summed E-state index contributed by atoms with van der Waals surface area (Å²) in [5.74, 6) is -10.4. The third kappa shape index (κ3) is 1.98. The van der Waals surface area contributed by atoms with E-state index in [1.54, 1.807) is 0 Å². The van der Waals surface area contributed by atoms with Gasteiger partial charge in [0.15, 0.2) is 0 Å². The molecule has 0 radical (unpaired) electrons. The van der Waals surface area contributed by atoms with Crippen molar-refractivity contribution >= 4 is 11.8 Å². The van der Waals surface area contributed by atoms with Crippen LogP contribution in [0.2, 0.25) is 0 Å². The fraction of sp³-hybridized carbons (Fsp3) is 0.111. The number of carbonyl (C=O) groups is 2. The Balaban J connectivity index is 3.16. The van der Waals surface area contributed by atoms with Crippen LogP contribution in [0.5, 0.6) is 0 Å². The minimum atomic E-state index is -4.61. The molecule has 6 heteroatoms. The zero-order valence-corrected chi connectivity index (χ0v) is 7.21. The van der Waals surface area contributed by atoms with Crippen molar-refractivity contribution in [1.82, 2.24) is 0 Å². The van der Waals surface area contributed by atoms with Gasteiger partial charge >= 0.3 is 11.9 Å². The standard InChI is InChI=1S/C9H5F3O3/c10-6-4-2-1-3-5(6)7(13)9(11,12)8(14)15/h1-4H,(H,14,15). The van der Waals surface area contributed by atoms with Gasteiger partial charge in [-0.25, -0.2) is 9.18 Å². The molecule has 0 spiro atoms. The molecule has 0 aliphatic heterocycles. The third-order valence-corrected chi connectivity index (χ3v) is 1.67. The average Bonchev–Trinajstić information content (AvgIpc) is 2.17. The van der Waals surface area contributed by atoms with Crippen LogP contribution in [0.4, 0.5) is 13.2 Å². The molecule has 1 N–H and O–H groups in total. The number of ketones is 1. The number of alkyl halides is 2. The fourth-order valence-corrected chi connectivity index (χ4v) is 0.912. The van der Waals surface area contributed by atoms with Gasteiger partial charge in [0.05, 0.1) is 5.56 Å². The van der Waals surface area contributed by atoms with Crippen molar-refractivity contribution in [3.63, 3.8) is 0 Å². The molecular formula is C9H5F3O3. The Morgan fingerprint density at radius 1 is 1.20 bits per heavy atom. The summed E-state index contributed by atoms with van der Waals surface area (Å²) in [4.78, 5) is 21.0. The van der Waals surface area contributed by atoms with E-state index in [0.29, 0.717) is 0 Å². The van der Waals surface area contributed by atoms with E-state index in [1.165, 1.54) is 6.07 Å². The van der Waals surface area contributed by atoms with Crippen molar-refractivity contribution in [1.29, 1.82) is 0 Å². The highest BCUT2D eigenvalue weighted by atomic mass is 19.3. The number of halogens is 3. The molecule has 0 fully saturated rings. The van der Waals surface area contributed by atoms with Gasteiger partial charge in [0.25, 0.3) is 0 Å². The van der Waals surface area contributed by atoms with Crippen LogP contribution in [-0.2, 0) is 4.79 Å². The summed E-state index contributed by atoms with van der Waals surface area (Å²) in [7, 11) is 0. The van der Waals surface area contributed by atoms with Gasteiger partial charge in [-0.3, -0.25) is 4.79 Å². The second kappa shape index (κ2) is 3.72. The van der Waals surface area contributed by atoms with Crippen LogP contribution < -0.4 is 0 Å². The first kappa shape index (κ1) is 11.2. The Hall–Kier alpha value is -1.85. The largest absolute Gasteiger partial charge is 0.476 e. The topological polar surface area (TPSA) is 54.4 Å². The Bertz CT molecular complexity index is 415. The highest BCUT2D eigenvalue weighted by Crippen LogP contribution is 2.21. The maximum atomic E-state index is 12.9. The summed E-state index contributed by atoms with van der Waals surface area (Å²) < 4.78 is 38.3. The summed E-state index contributed by atoms with van der Waals surface area (Å²) in [5, 5.41) is 8.07. The number of Topliss-reactive ketones (excluding diaryl/α,β-unsaturated/α-hetero) is 1. The van der Waals surface area contributed by atoms with Gasteiger partial charge in [-0.15, -0.1) is 0 Å². The predicted molar refractivity (Wildman–Crippen MR) is 43.3 cm³/mol. The number of rotatable bonds is 3. The van der Waals surface area contributed by atoms with E-state index >= 15 is 0 Å². The van der Waals surface area contributed by atoms with Gasteiger partial charge < -0.3 is 5.11 Å². The first-order valence-corrected chi connectivity index (χ1v) is 3.78. The summed E-state index contributed by atoms with van der Waals surface area (Å²) in [6, 6.07) is 3.96. The minimum Gasteiger partial charge on any atom is -0.476 e. The van der Waals surface area contributed by atoms with Crippen molar-refractivity contribution in [2.75, 3.05) is 0 Å². The van der Waals surface area contributed by atoms with Crippen LogP contribution in [-0.4, -0.2) is 22.8 Å². The smallest absolute Gasteiger partial charge is 0.404 e. The van der Waals surface area contributed by atoms with Crippen molar-refractivity contribution < 1.29 is 27.9 Å². The zero-order chi connectivity index (χ0) is 11.6. The molecule has 80 valence electrons. The highest BCUT2D eigenvalue weighted by molar-refractivity contribution is 6.13. The molecule has 0 saturated carbocycles. The molecular weight excluding hydrogens is 213 g/mol. The number of carboxylic acid groups (broad SMARTS) is 1. The summed E-state index contributed by atoms with van der Waals surface area (Å²) >= 11 is 0. The van der Waals surface area contributed by atoms with Crippen molar-refractivity contribution in [3.8, 4) is 0 Å². The van der Waals surface area contributed by atoms with Crippen LogP contribution in [0.3, 0.4) is 0 Å². The molecule has 15 heavy (non-hydrogen) atoms. The fourth-order valence-electron chi connectivity index (χ4n) is 0.912. The van der Waals surface area contributed by atoms with Crippen LogP contribution in [0.15, 0.2) is 24.3 Å². The third-order valence-electron chi connectivity index (χ3n) is 1.67. The van der Waals surface area contributed by atoms with Gasteiger partial charge in [0.1, 0.15) is 5.82 Å². The van der Waals surface area contributed by atoms with E-state index in [2.05, 4.69) is 0 Å². The Labute approximate surface area is 82.1 Å². The van der Waals surface area contributed by atoms with Crippen LogP contribution in [0, 0.1) is 5.82 Å². The van der Waals surface area contributed by atoms with Crippen molar-refractivity contribution in [3.05, 3.63) is 35.6 Å². The number of aliphatic carboxylic acids is 1. The maximum absolute atomic E-state index is 12.9. The second-order valence-electron chi connectivity index (χ2n) is 2.69. The molecule has 3 nitrogen and oxygen atoms in total. The summed E-state index contributed by atoms with van der Waals surface area (Å²) in [6.45, 7) is 0. The molecule has 1 aromatic rings. The SMILES string of the molecule is O=C(O)C(F)(F)C(=O)c1ccccc1F. The molecule has 0 heterocycles. The first-order chi connectivity index (χ1) is 6.87. The molecule has 1 rings (SSSR count). The monoisotopic (exact) mass is 218 g/mol. The van der Waals surface area contributed by atoms with Gasteiger partial charge in [0, 0.05) is 0 Å². The van der Waals surface area contributed by atoms with E-state index in [4.69, 9.17) is 5.11 Å². The summed E-state index contributed by atoms with van der Waals surface area (Å²) in [6.07, 6.45) is 0. The molecule has 0 atom stereocenters. The second-order valence-corrected chi connectivity index (χ2v) is 2.69. The zero-order valence-electron chi connectivity index (χ0n) is 7.21. The molecule has 0 aliphatic carbocycles.